The van der Waals surface area contributed by atoms with Gasteiger partial charge in [0.2, 0.25) is 18.2 Å². The molecular formula is C44H60N8O6S4. The summed E-state index contributed by atoms with van der Waals surface area (Å²) < 4.78 is 4.77. The maximum absolute atomic E-state index is 13.6. The van der Waals surface area contributed by atoms with Gasteiger partial charge in [-0.2, -0.15) is 58.9 Å². The fourth-order valence-electron chi connectivity index (χ4n) is 8.02. The molecule has 5 aromatic rings. The van der Waals surface area contributed by atoms with Gasteiger partial charge in [0, 0.05) is 18.7 Å². The quantitative estimate of drug-likeness (QED) is 0.0351. The number of carbonyl (C=O) groups excluding carboxylic acids is 3. The fraction of sp³-hybridized carbons (Fsp3) is 0.409. The molecule has 2 aliphatic heterocycles. The van der Waals surface area contributed by atoms with Gasteiger partial charge in [-0.15, -0.1) is 0 Å². The van der Waals surface area contributed by atoms with Crippen LogP contribution in [0.4, 0.5) is 4.79 Å². The molecule has 0 aliphatic carbocycles. The first-order valence-corrected chi connectivity index (χ1v) is 20.0. The van der Waals surface area contributed by atoms with Gasteiger partial charge in [-0.25, -0.2) is 19.8 Å². The number of hydrogen-bond acceptors (Lipinski definition) is 9. The van der Waals surface area contributed by atoms with E-state index in [1.165, 1.54) is 20.6 Å². The standard InChI is InChI=1S/C44H52N8O6.4H2S/c1-26(2)38(46-25-58-57-6)42(53)52-20-8-10-37(52)41-47-33-18-14-29(22-34(33)48-41)12-11-28-13-15-31-23-32(17-16-30(31)21-28)35-24-45-40(49-35)36-9-7-19-51(36)43(54)39(27(3)4)50-44(55)56-5;;;;/h11-18,21-27,36-39H,7-10,19-20H2,1-6H3,(H,45,49)(H,47,48)(H,50,55);4*1H2/b12-11+,46-25?;;;;/t36-,37-,38-,39-;;;;/m0..../s1. The molecule has 0 spiro atoms. The fourth-order valence-corrected chi connectivity index (χ4v) is 8.02. The first-order valence-electron chi connectivity index (χ1n) is 20.0. The number of alkyl carbamates (subject to hydrolysis) is 1. The van der Waals surface area contributed by atoms with Crippen LogP contribution in [0.1, 0.15) is 88.2 Å². The van der Waals surface area contributed by atoms with Crippen LogP contribution >= 0.6 is 54.0 Å². The smallest absolute Gasteiger partial charge is 0.407 e. The SMILES string of the molecule is COOC=N[C@H](C(=O)N1CCC[C@H]1c1nc2ccc(/C=C/c3ccc4cc(-c5cnc([C@@H]6CCCN6C(=O)[C@@H](NC(=O)OC)C(C)C)[nH]5)ccc4c3)cc2[nH]1)C(C)C.S.S.S.S. The van der Waals surface area contributed by atoms with Gasteiger partial charge in [-0.3, -0.25) is 9.59 Å². The molecule has 4 atom stereocenters. The van der Waals surface area contributed by atoms with E-state index in [1.807, 2.05) is 49.8 Å². The summed E-state index contributed by atoms with van der Waals surface area (Å²) in [5, 5.41) is 4.91. The second-order valence-electron chi connectivity index (χ2n) is 15.7. The highest BCUT2D eigenvalue weighted by Gasteiger charge is 2.38. The van der Waals surface area contributed by atoms with Crippen LogP contribution in [0.5, 0.6) is 0 Å². The molecule has 4 heterocycles. The van der Waals surface area contributed by atoms with Crippen LogP contribution < -0.4 is 5.32 Å². The van der Waals surface area contributed by atoms with Crippen LogP contribution in [-0.2, 0) is 24.1 Å². The molecule has 2 saturated heterocycles. The van der Waals surface area contributed by atoms with Crippen LogP contribution in [-0.4, -0.2) is 93.4 Å². The molecule has 14 nitrogen and oxygen atoms in total. The summed E-state index contributed by atoms with van der Waals surface area (Å²) in [6.07, 6.45) is 9.94. The van der Waals surface area contributed by atoms with Crippen molar-refractivity contribution >= 4 is 112 Å². The van der Waals surface area contributed by atoms with E-state index < -0.39 is 18.2 Å². The van der Waals surface area contributed by atoms with Gasteiger partial charge in [-0.1, -0.05) is 70.2 Å². The average Bonchev–Trinajstić information content (AvgIpc) is 4.06. The summed E-state index contributed by atoms with van der Waals surface area (Å²) in [5.41, 5.74) is 5.74. The number of aromatic amines is 2. The lowest BCUT2D eigenvalue weighted by atomic mass is 10.0. The number of hydrogen-bond donors (Lipinski definition) is 3. The van der Waals surface area contributed by atoms with Gasteiger partial charge in [0.05, 0.1) is 49.2 Å². The average molecular weight is 925 g/mol. The molecule has 336 valence electrons. The minimum Gasteiger partial charge on any atom is -0.453 e. The van der Waals surface area contributed by atoms with Crippen molar-refractivity contribution < 1.29 is 28.9 Å². The Balaban J connectivity index is 0.00000256. The zero-order chi connectivity index (χ0) is 40.9. The molecule has 18 heteroatoms. The Kier molecular flexibility index (Phi) is 19.3. The van der Waals surface area contributed by atoms with E-state index in [9.17, 15) is 14.4 Å². The van der Waals surface area contributed by atoms with E-state index in [-0.39, 0.29) is 89.7 Å². The summed E-state index contributed by atoms with van der Waals surface area (Å²) in [6, 6.07) is 17.2. The molecule has 0 radical (unpaired) electrons. The number of carbonyl (C=O) groups is 3. The zero-order valence-corrected chi connectivity index (χ0v) is 39.9. The lowest BCUT2D eigenvalue weighted by molar-refractivity contribution is -0.188. The van der Waals surface area contributed by atoms with Crippen molar-refractivity contribution in [2.24, 2.45) is 16.8 Å². The molecule has 2 aliphatic rings. The van der Waals surface area contributed by atoms with Crippen molar-refractivity contribution in [3.05, 3.63) is 83.6 Å². The number of fused-ring (bicyclic) bond motifs is 2. The summed E-state index contributed by atoms with van der Waals surface area (Å²) in [7, 11) is 2.69. The van der Waals surface area contributed by atoms with Crippen LogP contribution in [0, 0.1) is 11.8 Å². The number of aromatic nitrogens is 4. The third kappa shape index (κ3) is 11.5. The Morgan fingerprint density at radius 3 is 2.08 bits per heavy atom. The number of aliphatic imine (C=N–C) groups is 1. The van der Waals surface area contributed by atoms with Crippen molar-refractivity contribution in [1.82, 2.24) is 35.1 Å². The molecule has 2 aromatic heterocycles. The molecule has 3 amide bonds. The monoisotopic (exact) mass is 924 g/mol. The molecular weight excluding hydrogens is 865 g/mol. The number of nitrogens with zero attached hydrogens (tertiary/aromatic N) is 5. The Labute approximate surface area is 390 Å². The second kappa shape index (κ2) is 23.2. The number of ether oxygens (including phenoxy) is 1. The number of nitrogens with one attached hydrogen (secondary N) is 3. The van der Waals surface area contributed by atoms with Gasteiger partial charge in [0.25, 0.3) is 0 Å². The van der Waals surface area contributed by atoms with Crippen LogP contribution in [0.2, 0.25) is 0 Å². The number of rotatable bonds is 13. The van der Waals surface area contributed by atoms with Gasteiger partial charge in [0.15, 0.2) is 0 Å². The molecule has 2 fully saturated rings. The van der Waals surface area contributed by atoms with Crippen molar-refractivity contribution in [1.29, 1.82) is 0 Å². The highest BCUT2D eigenvalue weighted by molar-refractivity contribution is 7.59. The predicted molar refractivity (Wildman–Crippen MR) is 265 cm³/mol. The van der Waals surface area contributed by atoms with Crippen molar-refractivity contribution in [3.63, 3.8) is 0 Å². The van der Waals surface area contributed by atoms with Crippen molar-refractivity contribution in [2.75, 3.05) is 27.3 Å². The number of H-pyrrole nitrogens is 2. The maximum atomic E-state index is 13.6. The van der Waals surface area contributed by atoms with E-state index in [2.05, 4.69) is 85.8 Å². The molecule has 3 N–H and O–H groups in total. The first kappa shape index (κ1) is 51.7. The van der Waals surface area contributed by atoms with E-state index >= 15 is 0 Å². The lowest BCUT2D eigenvalue weighted by Crippen LogP contribution is -2.51. The van der Waals surface area contributed by atoms with Crippen LogP contribution in [0.15, 0.2) is 65.8 Å². The maximum Gasteiger partial charge on any atom is 0.407 e. The third-order valence-corrected chi connectivity index (χ3v) is 11.1. The van der Waals surface area contributed by atoms with E-state index in [0.29, 0.717) is 13.1 Å². The molecule has 62 heavy (non-hydrogen) atoms. The highest BCUT2D eigenvalue weighted by Crippen LogP contribution is 2.35. The summed E-state index contributed by atoms with van der Waals surface area (Å²) >= 11 is 0. The molecule has 0 saturated carbocycles. The van der Waals surface area contributed by atoms with Crippen LogP contribution in [0.3, 0.4) is 0 Å². The Bertz CT molecular complexity index is 2350. The van der Waals surface area contributed by atoms with Gasteiger partial charge < -0.3 is 34.7 Å². The van der Waals surface area contributed by atoms with Crippen LogP contribution in [0.25, 0.3) is 45.2 Å². The topological polar surface area (TPSA) is 167 Å². The largest absolute Gasteiger partial charge is 0.453 e. The number of methoxy groups -OCH3 is 1. The summed E-state index contributed by atoms with van der Waals surface area (Å²) in [5.74, 6) is 1.22. The van der Waals surface area contributed by atoms with Crippen molar-refractivity contribution in [3.8, 4) is 11.3 Å². The third-order valence-electron chi connectivity index (χ3n) is 11.1. The van der Waals surface area contributed by atoms with Gasteiger partial charge in [0.1, 0.15) is 23.7 Å². The van der Waals surface area contributed by atoms with E-state index in [1.54, 1.807) is 0 Å². The minimum absolute atomic E-state index is 0. The number of amides is 3. The number of imidazole rings is 2. The number of likely N-dealkylation sites (tertiary alicyclic amines) is 2. The summed E-state index contributed by atoms with van der Waals surface area (Å²) in [6.45, 7) is 9.00. The molecule has 7 rings (SSSR count). The normalized spacial score (nSPS) is 17.2. The van der Waals surface area contributed by atoms with Gasteiger partial charge >= 0.3 is 6.09 Å². The molecule has 0 unspecified atom stereocenters. The van der Waals surface area contributed by atoms with Crippen molar-refractivity contribution in [2.45, 2.75) is 77.5 Å². The summed E-state index contributed by atoms with van der Waals surface area (Å²) in [4.78, 5) is 73.2. The van der Waals surface area contributed by atoms with Gasteiger partial charge in [-0.05, 0) is 83.7 Å². The zero-order valence-electron chi connectivity index (χ0n) is 35.9. The Morgan fingerprint density at radius 2 is 1.42 bits per heavy atom. The Morgan fingerprint density at radius 1 is 0.790 bits per heavy atom. The Hall–Kier alpha value is -4.62. The molecule has 3 aromatic carbocycles. The first-order chi connectivity index (χ1) is 28.0. The lowest BCUT2D eigenvalue weighted by Gasteiger charge is -2.30. The van der Waals surface area contributed by atoms with E-state index in [0.717, 1.165) is 81.5 Å². The predicted octanol–water partition coefficient (Wildman–Crippen LogP) is 8.07. The van der Waals surface area contributed by atoms with E-state index in [4.69, 9.17) is 19.6 Å². The second-order valence-corrected chi connectivity index (χ2v) is 15.7. The molecule has 0 bridgehead atoms. The minimum atomic E-state index is -0.684. The highest BCUT2D eigenvalue weighted by atomic mass is 32.1. The number of benzene rings is 3.